The average Bonchev–Trinajstić information content (AvgIpc) is 2.28. The topological polar surface area (TPSA) is 35.5 Å². The van der Waals surface area contributed by atoms with Gasteiger partial charge in [-0.1, -0.05) is 34.6 Å². The van der Waals surface area contributed by atoms with Gasteiger partial charge in [-0.2, -0.15) is 0 Å². The van der Waals surface area contributed by atoms with Crippen LogP contribution >= 0.6 is 0 Å². The molecule has 0 saturated heterocycles. The van der Waals surface area contributed by atoms with E-state index in [1.165, 1.54) is 7.11 Å². The van der Waals surface area contributed by atoms with Crippen LogP contribution in [0.25, 0.3) is 0 Å². The molecule has 0 aliphatic heterocycles. The van der Waals surface area contributed by atoms with Gasteiger partial charge in [0.1, 0.15) is 6.10 Å². The maximum Gasteiger partial charge on any atom is 0.508 e. The van der Waals surface area contributed by atoms with Crippen molar-refractivity contribution in [2.45, 2.75) is 66.4 Å². The monoisotopic (exact) mass is 256 g/mol. The molecule has 0 N–H and O–H groups in total. The lowest BCUT2D eigenvalue weighted by Crippen LogP contribution is -2.44. The first-order valence-corrected chi connectivity index (χ1v) is 6.97. The summed E-state index contributed by atoms with van der Waals surface area (Å²) in [4.78, 5) is 11.1. The second-order valence-electron chi connectivity index (χ2n) is 6.83. The predicted molar refractivity (Wildman–Crippen MR) is 72.5 cm³/mol. The van der Waals surface area contributed by atoms with E-state index < -0.39 is 6.16 Å². The van der Waals surface area contributed by atoms with Gasteiger partial charge in [0.25, 0.3) is 0 Å². The minimum Gasteiger partial charge on any atom is -0.438 e. The molecule has 0 aromatic heterocycles. The van der Waals surface area contributed by atoms with E-state index in [2.05, 4.69) is 39.4 Å². The van der Waals surface area contributed by atoms with E-state index in [0.29, 0.717) is 11.3 Å². The number of carbonyl (C=O) groups excluding carboxylic acids is 1. The molecule has 0 amide bonds. The van der Waals surface area contributed by atoms with Crippen LogP contribution < -0.4 is 0 Å². The minimum atomic E-state index is -0.548. The first-order valence-electron chi connectivity index (χ1n) is 6.97. The fourth-order valence-corrected chi connectivity index (χ4v) is 3.60. The van der Waals surface area contributed by atoms with Crippen molar-refractivity contribution in [2.24, 2.45) is 16.7 Å². The predicted octanol–water partition coefficient (Wildman–Crippen LogP) is 4.40. The minimum absolute atomic E-state index is 0.0340. The Bertz CT molecular complexity index is 281. The van der Waals surface area contributed by atoms with Crippen LogP contribution in [0.15, 0.2) is 0 Å². The van der Waals surface area contributed by atoms with Gasteiger partial charge < -0.3 is 9.47 Å². The van der Waals surface area contributed by atoms with Crippen LogP contribution in [0.2, 0.25) is 0 Å². The standard InChI is InChI=1S/C15H28O3/c1-11(2)15(14(3,4)5)9-7-12(8-10-15)18-13(16)17-6/h11-12H,7-10H2,1-6H3. The van der Waals surface area contributed by atoms with Crippen molar-refractivity contribution in [3.63, 3.8) is 0 Å². The molecular formula is C15H28O3. The van der Waals surface area contributed by atoms with Crippen molar-refractivity contribution < 1.29 is 14.3 Å². The molecule has 3 heteroatoms. The summed E-state index contributed by atoms with van der Waals surface area (Å²) >= 11 is 0. The highest BCUT2D eigenvalue weighted by Crippen LogP contribution is 2.54. The summed E-state index contributed by atoms with van der Waals surface area (Å²) in [5, 5.41) is 0. The van der Waals surface area contributed by atoms with Crippen molar-refractivity contribution >= 4 is 6.16 Å². The van der Waals surface area contributed by atoms with E-state index in [-0.39, 0.29) is 11.5 Å². The Balaban J connectivity index is 2.67. The van der Waals surface area contributed by atoms with E-state index in [1.54, 1.807) is 0 Å². The molecule has 1 aliphatic carbocycles. The van der Waals surface area contributed by atoms with Crippen molar-refractivity contribution in [1.82, 2.24) is 0 Å². The van der Waals surface area contributed by atoms with Gasteiger partial charge in [0.15, 0.2) is 0 Å². The molecule has 0 aromatic carbocycles. The third-order valence-corrected chi connectivity index (χ3v) is 4.85. The van der Waals surface area contributed by atoms with Gasteiger partial charge in [0.05, 0.1) is 7.11 Å². The summed E-state index contributed by atoms with van der Waals surface area (Å²) < 4.78 is 9.82. The zero-order chi connectivity index (χ0) is 14.0. The summed E-state index contributed by atoms with van der Waals surface area (Å²) in [5.74, 6) is 0.650. The Morgan fingerprint density at radius 3 is 2.06 bits per heavy atom. The normalized spacial score (nSPS) is 29.2. The van der Waals surface area contributed by atoms with Gasteiger partial charge in [0, 0.05) is 0 Å². The lowest BCUT2D eigenvalue weighted by Gasteiger charge is -2.52. The molecule has 0 heterocycles. The molecule has 1 fully saturated rings. The van der Waals surface area contributed by atoms with Crippen LogP contribution in [0, 0.1) is 16.7 Å². The molecule has 0 radical (unpaired) electrons. The third kappa shape index (κ3) is 2.99. The largest absolute Gasteiger partial charge is 0.508 e. The van der Waals surface area contributed by atoms with Gasteiger partial charge in [0.2, 0.25) is 0 Å². The molecular weight excluding hydrogens is 228 g/mol. The molecule has 1 aliphatic rings. The Morgan fingerprint density at radius 2 is 1.72 bits per heavy atom. The molecule has 1 saturated carbocycles. The molecule has 3 nitrogen and oxygen atoms in total. The van der Waals surface area contributed by atoms with E-state index in [9.17, 15) is 4.79 Å². The van der Waals surface area contributed by atoms with Gasteiger partial charge in [-0.3, -0.25) is 0 Å². The summed E-state index contributed by atoms with van der Waals surface area (Å²) in [6, 6.07) is 0. The highest BCUT2D eigenvalue weighted by molar-refractivity contribution is 5.59. The molecule has 0 spiro atoms. The number of hydrogen-bond acceptors (Lipinski definition) is 3. The molecule has 1 rings (SSSR count). The second-order valence-corrected chi connectivity index (χ2v) is 6.83. The maximum atomic E-state index is 11.1. The van der Waals surface area contributed by atoms with Crippen molar-refractivity contribution in [1.29, 1.82) is 0 Å². The van der Waals surface area contributed by atoms with Crippen LogP contribution in [-0.4, -0.2) is 19.4 Å². The number of ether oxygens (including phenoxy) is 2. The van der Waals surface area contributed by atoms with Crippen molar-refractivity contribution in [3.8, 4) is 0 Å². The van der Waals surface area contributed by atoms with Crippen LogP contribution in [0.4, 0.5) is 4.79 Å². The van der Waals surface area contributed by atoms with E-state index in [4.69, 9.17) is 4.74 Å². The highest BCUT2D eigenvalue weighted by Gasteiger charge is 2.46. The Morgan fingerprint density at radius 1 is 1.22 bits per heavy atom. The van der Waals surface area contributed by atoms with Crippen LogP contribution in [0.1, 0.15) is 60.3 Å². The SMILES string of the molecule is COC(=O)OC1CCC(C(C)C)(C(C)(C)C)CC1. The second kappa shape index (κ2) is 5.50. The Labute approximate surface area is 111 Å². The zero-order valence-corrected chi connectivity index (χ0v) is 12.7. The van der Waals surface area contributed by atoms with E-state index in [0.717, 1.165) is 25.7 Å². The highest BCUT2D eigenvalue weighted by atomic mass is 16.7. The third-order valence-electron chi connectivity index (χ3n) is 4.85. The molecule has 0 aromatic rings. The quantitative estimate of drug-likeness (QED) is 0.687. The average molecular weight is 256 g/mol. The van der Waals surface area contributed by atoms with E-state index >= 15 is 0 Å². The number of carbonyl (C=O) groups is 1. The summed E-state index contributed by atoms with van der Waals surface area (Å²) in [7, 11) is 1.36. The Hall–Kier alpha value is -0.730. The van der Waals surface area contributed by atoms with Gasteiger partial charge >= 0.3 is 6.16 Å². The first kappa shape index (κ1) is 15.3. The van der Waals surface area contributed by atoms with Crippen LogP contribution in [0.5, 0.6) is 0 Å². The maximum absolute atomic E-state index is 11.1. The lowest BCUT2D eigenvalue weighted by molar-refractivity contribution is -0.0565. The van der Waals surface area contributed by atoms with Crippen molar-refractivity contribution in [3.05, 3.63) is 0 Å². The fraction of sp³-hybridized carbons (Fsp3) is 0.933. The number of hydrogen-bond donors (Lipinski definition) is 0. The van der Waals surface area contributed by atoms with Gasteiger partial charge in [-0.05, 0) is 42.4 Å². The fourth-order valence-electron chi connectivity index (χ4n) is 3.60. The number of rotatable bonds is 2. The first-order chi connectivity index (χ1) is 8.23. The molecule has 0 bridgehead atoms. The van der Waals surface area contributed by atoms with Crippen LogP contribution in [-0.2, 0) is 9.47 Å². The van der Waals surface area contributed by atoms with Crippen molar-refractivity contribution in [2.75, 3.05) is 7.11 Å². The zero-order valence-electron chi connectivity index (χ0n) is 12.7. The summed E-state index contributed by atoms with van der Waals surface area (Å²) in [5.41, 5.74) is 0.639. The van der Waals surface area contributed by atoms with Gasteiger partial charge in [-0.15, -0.1) is 0 Å². The van der Waals surface area contributed by atoms with E-state index in [1.807, 2.05) is 0 Å². The van der Waals surface area contributed by atoms with Gasteiger partial charge in [-0.25, -0.2) is 4.79 Å². The lowest BCUT2D eigenvalue weighted by atomic mass is 9.54. The molecule has 106 valence electrons. The smallest absolute Gasteiger partial charge is 0.438 e. The number of methoxy groups -OCH3 is 1. The molecule has 18 heavy (non-hydrogen) atoms. The molecule has 0 unspecified atom stereocenters. The van der Waals surface area contributed by atoms with Crippen LogP contribution in [0.3, 0.4) is 0 Å². The Kier molecular flexibility index (Phi) is 4.68. The summed E-state index contributed by atoms with van der Waals surface area (Å²) in [6.45, 7) is 11.6. The summed E-state index contributed by atoms with van der Waals surface area (Å²) in [6.07, 6.45) is 3.63. The molecule has 0 atom stereocenters.